The molecule has 0 fully saturated rings. The molecule has 0 aliphatic carbocycles. The van der Waals surface area contributed by atoms with Gasteiger partial charge in [-0.05, 0) is 65.4 Å². The van der Waals surface area contributed by atoms with Crippen LogP contribution >= 0.6 is 15.9 Å². The molecule has 4 rings (SSSR count). The van der Waals surface area contributed by atoms with Gasteiger partial charge >= 0.3 is 5.97 Å². The fourth-order valence-electron chi connectivity index (χ4n) is 4.31. The van der Waals surface area contributed by atoms with E-state index < -0.39 is 5.97 Å². The van der Waals surface area contributed by atoms with Crippen LogP contribution in [0, 0.1) is 5.92 Å². The molecule has 1 aromatic heterocycles. The molecule has 6 heteroatoms. The Kier molecular flexibility index (Phi) is 6.48. The number of rotatable bonds is 6. The second kappa shape index (κ2) is 9.18. The highest BCUT2D eigenvalue weighted by Crippen LogP contribution is 2.44. The van der Waals surface area contributed by atoms with Gasteiger partial charge < -0.3 is 14.0 Å². The highest BCUT2D eigenvalue weighted by atomic mass is 79.9. The van der Waals surface area contributed by atoms with Crippen LogP contribution in [-0.2, 0) is 23.3 Å². The highest BCUT2D eigenvalue weighted by molar-refractivity contribution is 9.10. The zero-order valence-electron chi connectivity index (χ0n) is 19.4. The van der Waals surface area contributed by atoms with Crippen molar-refractivity contribution in [2.75, 3.05) is 6.61 Å². The Bertz CT molecular complexity index is 1250. The van der Waals surface area contributed by atoms with Crippen LogP contribution in [0.4, 0.5) is 0 Å². The van der Waals surface area contributed by atoms with Gasteiger partial charge in [-0.25, -0.2) is 4.79 Å². The summed E-state index contributed by atoms with van der Waals surface area (Å²) >= 11 is 3.65. The number of fused-ring (bicyclic) bond motifs is 3. The SMILES string of the molecule is CCOC(=O)c1cn2c(cc1=O)-c1cc(Br)c(OCc3ccccc3)cc1CC2(C)C(C)C. The van der Waals surface area contributed by atoms with Gasteiger partial charge in [-0.15, -0.1) is 0 Å². The van der Waals surface area contributed by atoms with Crippen LogP contribution in [0.1, 0.15) is 49.2 Å². The molecule has 1 aliphatic heterocycles. The number of halogens is 1. The quantitative estimate of drug-likeness (QED) is 0.384. The highest BCUT2D eigenvalue weighted by Gasteiger charge is 2.38. The minimum atomic E-state index is -0.583. The minimum Gasteiger partial charge on any atom is -0.488 e. The van der Waals surface area contributed by atoms with Gasteiger partial charge in [0.1, 0.15) is 17.9 Å². The van der Waals surface area contributed by atoms with Crippen LogP contribution in [0.25, 0.3) is 11.3 Å². The molecule has 2 heterocycles. The van der Waals surface area contributed by atoms with Crippen molar-refractivity contribution in [3.05, 3.63) is 86.1 Å². The molecule has 5 nitrogen and oxygen atoms in total. The zero-order chi connectivity index (χ0) is 23.8. The first-order valence-corrected chi connectivity index (χ1v) is 12.0. The molecule has 2 aromatic carbocycles. The van der Waals surface area contributed by atoms with Crippen molar-refractivity contribution in [1.29, 1.82) is 0 Å². The summed E-state index contributed by atoms with van der Waals surface area (Å²) in [6, 6.07) is 15.7. The van der Waals surface area contributed by atoms with Gasteiger partial charge in [-0.1, -0.05) is 44.2 Å². The average Bonchev–Trinajstić information content (AvgIpc) is 2.79. The number of nitrogens with zero attached hydrogens (tertiary/aromatic N) is 1. The van der Waals surface area contributed by atoms with Crippen molar-refractivity contribution in [3.63, 3.8) is 0 Å². The standard InChI is InChI=1S/C27H28BrNO4/c1-5-32-26(31)21-15-29-23(13-24(21)30)20-12-22(28)25(33-16-18-9-7-6-8-10-18)11-19(20)14-27(29,4)17(2)3/h6-13,15,17H,5,14,16H2,1-4H3. The van der Waals surface area contributed by atoms with E-state index in [-0.39, 0.29) is 29.1 Å². The van der Waals surface area contributed by atoms with Crippen LogP contribution in [0.15, 0.2) is 64.0 Å². The maximum absolute atomic E-state index is 12.9. The summed E-state index contributed by atoms with van der Waals surface area (Å²) in [5, 5.41) is 0. The van der Waals surface area contributed by atoms with Gasteiger partial charge in [0.2, 0.25) is 0 Å². The third kappa shape index (κ3) is 4.36. The molecule has 0 amide bonds. The predicted octanol–water partition coefficient (Wildman–Crippen LogP) is 5.96. The summed E-state index contributed by atoms with van der Waals surface area (Å²) in [7, 11) is 0. The van der Waals surface area contributed by atoms with E-state index in [2.05, 4.69) is 47.3 Å². The summed E-state index contributed by atoms with van der Waals surface area (Å²) in [5.74, 6) is 0.433. The number of ether oxygens (including phenoxy) is 2. The van der Waals surface area contributed by atoms with E-state index in [0.29, 0.717) is 6.61 Å². The summed E-state index contributed by atoms with van der Waals surface area (Å²) in [4.78, 5) is 25.3. The number of esters is 1. The first-order chi connectivity index (χ1) is 15.7. The maximum atomic E-state index is 12.9. The molecule has 1 unspecified atom stereocenters. The lowest BCUT2D eigenvalue weighted by Gasteiger charge is -2.43. The van der Waals surface area contributed by atoms with E-state index >= 15 is 0 Å². The van der Waals surface area contributed by atoms with Crippen molar-refractivity contribution in [3.8, 4) is 17.0 Å². The first-order valence-electron chi connectivity index (χ1n) is 11.2. The zero-order valence-corrected chi connectivity index (χ0v) is 20.9. The molecule has 0 saturated heterocycles. The Hall–Kier alpha value is -2.86. The maximum Gasteiger partial charge on any atom is 0.343 e. The van der Waals surface area contributed by atoms with Crippen molar-refractivity contribution in [1.82, 2.24) is 4.57 Å². The fraction of sp³-hybridized carbons (Fsp3) is 0.333. The van der Waals surface area contributed by atoms with Crippen LogP contribution in [-0.4, -0.2) is 17.1 Å². The molecule has 0 radical (unpaired) electrons. The van der Waals surface area contributed by atoms with Gasteiger partial charge in [0, 0.05) is 23.4 Å². The van der Waals surface area contributed by atoms with Gasteiger partial charge in [0.15, 0.2) is 5.43 Å². The second-order valence-corrected chi connectivity index (χ2v) is 9.78. The third-order valence-corrected chi connectivity index (χ3v) is 7.18. The summed E-state index contributed by atoms with van der Waals surface area (Å²) in [5.41, 5.74) is 3.36. The summed E-state index contributed by atoms with van der Waals surface area (Å²) in [6.45, 7) is 8.90. The fourth-order valence-corrected chi connectivity index (χ4v) is 4.76. The third-order valence-electron chi connectivity index (χ3n) is 6.56. The number of pyridine rings is 1. The monoisotopic (exact) mass is 509 g/mol. The number of hydrogen-bond donors (Lipinski definition) is 0. The molecule has 0 bridgehead atoms. The van der Waals surface area contributed by atoms with E-state index in [1.807, 2.05) is 36.4 Å². The van der Waals surface area contributed by atoms with Gasteiger partial charge in [0.05, 0.1) is 16.8 Å². The van der Waals surface area contributed by atoms with Gasteiger partial charge in [0.25, 0.3) is 0 Å². The number of benzene rings is 2. The lowest BCUT2D eigenvalue weighted by atomic mass is 9.77. The predicted molar refractivity (Wildman–Crippen MR) is 133 cm³/mol. The number of hydrogen-bond acceptors (Lipinski definition) is 4. The Balaban J connectivity index is 1.80. The van der Waals surface area contributed by atoms with Crippen LogP contribution < -0.4 is 10.2 Å². The minimum absolute atomic E-state index is 0.0674. The van der Waals surface area contributed by atoms with Crippen LogP contribution in [0.2, 0.25) is 0 Å². The molecule has 172 valence electrons. The van der Waals surface area contributed by atoms with Crippen LogP contribution in [0.3, 0.4) is 0 Å². The van der Waals surface area contributed by atoms with E-state index in [9.17, 15) is 9.59 Å². The van der Waals surface area contributed by atoms with Gasteiger partial charge in [-0.3, -0.25) is 4.79 Å². The Morgan fingerprint density at radius 3 is 2.58 bits per heavy atom. The molecule has 0 saturated carbocycles. The summed E-state index contributed by atoms with van der Waals surface area (Å²) < 4.78 is 14.1. The van der Waals surface area contributed by atoms with E-state index in [1.54, 1.807) is 19.2 Å². The van der Waals surface area contributed by atoms with Crippen molar-refractivity contribution in [2.24, 2.45) is 5.92 Å². The normalized spacial score (nSPS) is 16.8. The van der Waals surface area contributed by atoms with Crippen molar-refractivity contribution < 1.29 is 14.3 Å². The molecule has 33 heavy (non-hydrogen) atoms. The Morgan fingerprint density at radius 2 is 1.91 bits per heavy atom. The topological polar surface area (TPSA) is 57.5 Å². The van der Waals surface area contributed by atoms with Crippen molar-refractivity contribution in [2.45, 2.75) is 46.3 Å². The van der Waals surface area contributed by atoms with Crippen LogP contribution in [0.5, 0.6) is 5.75 Å². The van der Waals surface area contributed by atoms with E-state index in [1.165, 1.54) is 0 Å². The van der Waals surface area contributed by atoms with Gasteiger partial charge in [-0.2, -0.15) is 0 Å². The molecule has 3 aromatic rings. The Labute approximate surface area is 202 Å². The number of aromatic nitrogens is 1. The molecular weight excluding hydrogens is 482 g/mol. The largest absolute Gasteiger partial charge is 0.488 e. The molecule has 1 aliphatic rings. The average molecular weight is 510 g/mol. The first kappa shape index (κ1) is 23.3. The van der Waals surface area contributed by atoms with E-state index in [4.69, 9.17) is 9.47 Å². The summed E-state index contributed by atoms with van der Waals surface area (Å²) in [6.07, 6.45) is 2.42. The Morgan fingerprint density at radius 1 is 1.18 bits per heavy atom. The second-order valence-electron chi connectivity index (χ2n) is 8.93. The molecule has 0 spiro atoms. The molecule has 1 atom stereocenters. The van der Waals surface area contributed by atoms with Crippen molar-refractivity contribution >= 4 is 21.9 Å². The number of carbonyl (C=O) groups is 1. The smallest absolute Gasteiger partial charge is 0.343 e. The molecular formula is C27H28BrNO4. The lowest BCUT2D eigenvalue weighted by Crippen LogP contribution is -2.42. The lowest BCUT2D eigenvalue weighted by molar-refractivity contribution is 0.0522. The molecule has 0 N–H and O–H groups in total. The van der Waals surface area contributed by atoms with E-state index in [0.717, 1.165) is 39.0 Å². The number of carbonyl (C=O) groups excluding carboxylic acids is 1.